The Morgan fingerprint density at radius 3 is 2.32 bits per heavy atom. The SMILES string of the molecule is Cl.FC(F)(F)CC[C@H](c1ccc(Br)c(Br)c1)N1CCNCC1. The minimum Gasteiger partial charge on any atom is -0.314 e. The molecule has 0 saturated carbocycles. The van der Waals surface area contributed by atoms with E-state index in [2.05, 4.69) is 42.1 Å². The first-order valence-electron chi connectivity index (χ1n) is 6.83. The molecule has 0 aliphatic carbocycles. The highest BCUT2D eigenvalue weighted by Gasteiger charge is 2.31. The summed E-state index contributed by atoms with van der Waals surface area (Å²) >= 11 is 6.82. The summed E-state index contributed by atoms with van der Waals surface area (Å²) in [5.41, 5.74) is 0.927. The Labute approximate surface area is 151 Å². The van der Waals surface area contributed by atoms with Gasteiger partial charge in [-0.15, -0.1) is 12.4 Å². The van der Waals surface area contributed by atoms with Crippen LogP contribution in [0.1, 0.15) is 24.4 Å². The lowest BCUT2D eigenvalue weighted by Crippen LogP contribution is -2.45. The van der Waals surface area contributed by atoms with Crippen molar-refractivity contribution < 1.29 is 13.2 Å². The molecule has 0 aromatic heterocycles. The molecule has 0 spiro atoms. The van der Waals surface area contributed by atoms with Gasteiger partial charge in [-0.05, 0) is 56.0 Å². The van der Waals surface area contributed by atoms with E-state index in [4.69, 9.17) is 0 Å². The molecule has 8 heteroatoms. The van der Waals surface area contributed by atoms with E-state index in [0.29, 0.717) is 0 Å². The summed E-state index contributed by atoms with van der Waals surface area (Å²) < 4.78 is 39.6. The van der Waals surface area contributed by atoms with E-state index in [1.807, 2.05) is 18.2 Å². The molecule has 1 aromatic carbocycles. The van der Waals surface area contributed by atoms with Gasteiger partial charge in [-0.25, -0.2) is 0 Å². The maximum Gasteiger partial charge on any atom is 0.389 e. The number of nitrogens with zero attached hydrogens (tertiary/aromatic N) is 1. The quantitative estimate of drug-likeness (QED) is 0.678. The van der Waals surface area contributed by atoms with E-state index in [1.165, 1.54) is 0 Å². The molecule has 0 radical (unpaired) electrons. The number of hydrogen-bond acceptors (Lipinski definition) is 2. The highest BCUT2D eigenvalue weighted by Crippen LogP contribution is 2.34. The maximum absolute atomic E-state index is 12.6. The highest BCUT2D eigenvalue weighted by molar-refractivity contribution is 9.13. The second kappa shape index (κ2) is 8.87. The third-order valence-corrected chi connectivity index (χ3v) is 5.50. The first kappa shape index (κ1) is 20.2. The number of hydrogen-bond donors (Lipinski definition) is 1. The van der Waals surface area contributed by atoms with Gasteiger partial charge in [0.1, 0.15) is 0 Å². The van der Waals surface area contributed by atoms with Crippen LogP contribution in [0.2, 0.25) is 0 Å². The summed E-state index contributed by atoms with van der Waals surface area (Å²) in [6, 6.07) is 5.49. The highest BCUT2D eigenvalue weighted by atomic mass is 79.9. The summed E-state index contributed by atoms with van der Waals surface area (Å²) in [5, 5.41) is 3.23. The Morgan fingerprint density at radius 1 is 1.14 bits per heavy atom. The van der Waals surface area contributed by atoms with Crippen molar-refractivity contribution >= 4 is 44.3 Å². The van der Waals surface area contributed by atoms with E-state index >= 15 is 0 Å². The maximum atomic E-state index is 12.6. The van der Waals surface area contributed by atoms with Gasteiger partial charge in [0.2, 0.25) is 0 Å². The molecule has 0 unspecified atom stereocenters. The van der Waals surface area contributed by atoms with Crippen LogP contribution in [0, 0.1) is 0 Å². The third kappa shape index (κ3) is 6.00. The van der Waals surface area contributed by atoms with Gasteiger partial charge >= 0.3 is 6.18 Å². The van der Waals surface area contributed by atoms with Crippen LogP contribution in [0.5, 0.6) is 0 Å². The average Bonchev–Trinajstić information content (AvgIpc) is 2.43. The van der Waals surface area contributed by atoms with Gasteiger partial charge in [0.05, 0.1) is 0 Å². The van der Waals surface area contributed by atoms with Crippen LogP contribution in [0.3, 0.4) is 0 Å². The lowest BCUT2D eigenvalue weighted by molar-refractivity contribution is -0.138. The number of rotatable bonds is 4. The molecule has 2 rings (SSSR count). The fourth-order valence-corrected chi connectivity index (χ4v) is 3.22. The number of alkyl halides is 3. The summed E-state index contributed by atoms with van der Waals surface area (Å²) in [6.07, 6.45) is -4.77. The van der Waals surface area contributed by atoms with Gasteiger partial charge in [0, 0.05) is 47.6 Å². The van der Waals surface area contributed by atoms with E-state index in [-0.39, 0.29) is 24.9 Å². The predicted octanol–water partition coefficient (Wildman–Crippen LogP) is 4.92. The Kier molecular flexibility index (Phi) is 8.16. The molecule has 1 saturated heterocycles. The standard InChI is InChI=1S/C14H17Br2F3N2.ClH/c15-11-2-1-10(9-12(11)16)13(3-4-14(17,18)19)21-7-5-20-6-8-21;/h1-2,9,13,20H,3-8H2;1H/t13-;/m1./s1. The Balaban J connectivity index is 0.00000242. The van der Waals surface area contributed by atoms with Crippen molar-refractivity contribution in [2.45, 2.75) is 25.1 Å². The van der Waals surface area contributed by atoms with Crippen LogP contribution >= 0.6 is 44.3 Å². The molecule has 126 valence electrons. The van der Waals surface area contributed by atoms with Crippen molar-refractivity contribution in [3.63, 3.8) is 0 Å². The van der Waals surface area contributed by atoms with Gasteiger partial charge in [-0.1, -0.05) is 6.07 Å². The van der Waals surface area contributed by atoms with Gasteiger partial charge in [-0.2, -0.15) is 13.2 Å². The zero-order valence-corrected chi connectivity index (χ0v) is 15.8. The molecule has 1 heterocycles. The van der Waals surface area contributed by atoms with Gasteiger partial charge < -0.3 is 5.32 Å². The number of benzene rings is 1. The molecule has 2 nitrogen and oxygen atoms in total. The fraction of sp³-hybridized carbons (Fsp3) is 0.571. The van der Waals surface area contributed by atoms with E-state index in [9.17, 15) is 13.2 Å². The second-order valence-electron chi connectivity index (χ2n) is 5.13. The second-order valence-corrected chi connectivity index (χ2v) is 6.84. The first-order chi connectivity index (χ1) is 9.87. The number of nitrogens with one attached hydrogen (secondary N) is 1. The molecular weight excluding hydrogens is 448 g/mol. The topological polar surface area (TPSA) is 15.3 Å². The average molecular weight is 467 g/mol. The minimum atomic E-state index is -4.11. The van der Waals surface area contributed by atoms with Crippen LogP contribution < -0.4 is 5.32 Å². The molecule has 1 aromatic rings. The molecule has 0 bridgehead atoms. The molecule has 1 aliphatic heterocycles. The third-order valence-electron chi connectivity index (χ3n) is 3.62. The molecule has 1 aliphatic rings. The van der Waals surface area contributed by atoms with Crippen LogP contribution in [-0.2, 0) is 0 Å². The fourth-order valence-electron chi connectivity index (χ4n) is 2.57. The van der Waals surface area contributed by atoms with E-state index < -0.39 is 12.6 Å². The molecular formula is C14H18Br2ClF3N2. The Hall–Kier alpha value is 0.180. The van der Waals surface area contributed by atoms with Gasteiger partial charge in [0.15, 0.2) is 0 Å². The Morgan fingerprint density at radius 2 is 1.77 bits per heavy atom. The van der Waals surface area contributed by atoms with Crippen molar-refractivity contribution in [2.75, 3.05) is 26.2 Å². The minimum absolute atomic E-state index is 0. The van der Waals surface area contributed by atoms with Gasteiger partial charge in [0.25, 0.3) is 0 Å². The smallest absolute Gasteiger partial charge is 0.314 e. The predicted molar refractivity (Wildman–Crippen MR) is 91.6 cm³/mol. The molecule has 1 fully saturated rings. The number of piperazine rings is 1. The van der Waals surface area contributed by atoms with Crippen molar-refractivity contribution in [3.8, 4) is 0 Å². The lowest BCUT2D eigenvalue weighted by Gasteiger charge is -2.35. The molecule has 0 amide bonds. The van der Waals surface area contributed by atoms with E-state index in [0.717, 1.165) is 40.7 Å². The lowest BCUT2D eigenvalue weighted by atomic mass is 9.99. The first-order valence-corrected chi connectivity index (χ1v) is 8.42. The van der Waals surface area contributed by atoms with Crippen LogP contribution in [0.4, 0.5) is 13.2 Å². The van der Waals surface area contributed by atoms with Crippen molar-refractivity contribution in [1.29, 1.82) is 0 Å². The largest absolute Gasteiger partial charge is 0.389 e. The molecule has 1 atom stereocenters. The monoisotopic (exact) mass is 464 g/mol. The van der Waals surface area contributed by atoms with Crippen molar-refractivity contribution in [2.24, 2.45) is 0 Å². The van der Waals surface area contributed by atoms with Crippen molar-refractivity contribution in [1.82, 2.24) is 10.2 Å². The van der Waals surface area contributed by atoms with Crippen LogP contribution in [-0.4, -0.2) is 37.3 Å². The summed E-state index contributed by atoms with van der Waals surface area (Å²) in [7, 11) is 0. The molecule has 1 N–H and O–H groups in total. The summed E-state index contributed by atoms with van der Waals surface area (Å²) in [5.74, 6) is 0. The summed E-state index contributed by atoms with van der Waals surface area (Å²) in [6.45, 7) is 3.19. The van der Waals surface area contributed by atoms with Crippen molar-refractivity contribution in [3.05, 3.63) is 32.7 Å². The van der Waals surface area contributed by atoms with Crippen LogP contribution in [0.15, 0.2) is 27.1 Å². The number of halogens is 6. The zero-order valence-electron chi connectivity index (χ0n) is 11.8. The van der Waals surface area contributed by atoms with Crippen LogP contribution in [0.25, 0.3) is 0 Å². The molecule has 22 heavy (non-hydrogen) atoms. The summed E-state index contributed by atoms with van der Waals surface area (Å²) in [4.78, 5) is 2.14. The van der Waals surface area contributed by atoms with E-state index in [1.54, 1.807) is 0 Å². The Bertz CT molecular complexity index is 480. The normalized spacial score (nSPS) is 17.9. The van der Waals surface area contributed by atoms with Gasteiger partial charge in [-0.3, -0.25) is 4.90 Å². The zero-order chi connectivity index (χ0) is 15.5.